The van der Waals surface area contributed by atoms with Crippen molar-refractivity contribution in [1.82, 2.24) is 10.4 Å². The summed E-state index contributed by atoms with van der Waals surface area (Å²) in [5, 5.41) is 8.97. The van der Waals surface area contributed by atoms with Crippen molar-refractivity contribution in [3.05, 3.63) is 71.5 Å². The highest BCUT2D eigenvalue weighted by molar-refractivity contribution is 5.87. The van der Waals surface area contributed by atoms with Gasteiger partial charge in [-0.15, -0.1) is 0 Å². The fourth-order valence-corrected chi connectivity index (χ4v) is 3.84. The maximum atomic E-state index is 13.5. The summed E-state index contributed by atoms with van der Waals surface area (Å²) in [5.41, 5.74) is 3.72. The summed E-state index contributed by atoms with van der Waals surface area (Å²) in [5.74, 6) is 0.644. The van der Waals surface area contributed by atoms with Crippen molar-refractivity contribution in [1.29, 1.82) is 0 Å². The standard InChI is InChI=1S/C27H36FN3O4/c1-20(35-29-2)11-12-21-7-6-8-22(19-32)25(18-13-21)30-26(9-4-5-10-27(33)34)31(3)24-16-14-23(28)15-17-24/h6-8,11,14-16,18-19,21,24,29H,4-5,9-10,12-13,17H2,1-3H3,(H,33,34)/b7-6?,20-11-,22-8-,25-18+,30-26?. The van der Waals surface area contributed by atoms with Gasteiger partial charge in [0.25, 0.3) is 0 Å². The number of carboxylic acids is 1. The van der Waals surface area contributed by atoms with Crippen molar-refractivity contribution in [2.45, 2.75) is 57.9 Å². The summed E-state index contributed by atoms with van der Waals surface area (Å²) in [6, 6.07) is -0.0709. The Morgan fingerprint density at radius 3 is 2.71 bits per heavy atom. The van der Waals surface area contributed by atoms with Gasteiger partial charge in [0.05, 0.1) is 11.7 Å². The number of halogens is 1. The Kier molecular flexibility index (Phi) is 11.9. The van der Waals surface area contributed by atoms with E-state index < -0.39 is 5.97 Å². The summed E-state index contributed by atoms with van der Waals surface area (Å²) in [6.07, 6.45) is 19.0. The first-order valence-corrected chi connectivity index (χ1v) is 11.9. The minimum atomic E-state index is -0.830. The highest BCUT2D eigenvalue weighted by Crippen LogP contribution is 2.24. The van der Waals surface area contributed by atoms with Crippen LogP contribution in [0, 0.1) is 5.92 Å². The van der Waals surface area contributed by atoms with Crippen molar-refractivity contribution in [2.75, 3.05) is 14.1 Å². The van der Waals surface area contributed by atoms with Gasteiger partial charge in [0.15, 0.2) is 6.29 Å². The molecule has 35 heavy (non-hydrogen) atoms. The van der Waals surface area contributed by atoms with Crippen LogP contribution < -0.4 is 5.48 Å². The van der Waals surface area contributed by atoms with Crippen LogP contribution in [0.3, 0.4) is 0 Å². The molecular formula is C27H36FN3O4. The van der Waals surface area contributed by atoms with Crippen molar-refractivity contribution in [3.63, 3.8) is 0 Å². The van der Waals surface area contributed by atoms with Crippen LogP contribution in [-0.4, -0.2) is 48.2 Å². The van der Waals surface area contributed by atoms with Crippen LogP contribution >= 0.6 is 0 Å². The van der Waals surface area contributed by atoms with Gasteiger partial charge >= 0.3 is 5.97 Å². The molecule has 0 heterocycles. The Balaban J connectivity index is 2.28. The highest BCUT2D eigenvalue weighted by atomic mass is 19.1. The molecule has 2 atom stereocenters. The lowest BCUT2D eigenvalue weighted by Crippen LogP contribution is -2.36. The molecule has 0 amide bonds. The maximum absolute atomic E-state index is 13.5. The monoisotopic (exact) mass is 485 g/mol. The molecule has 2 unspecified atom stereocenters. The molecule has 0 aromatic carbocycles. The number of hydrogen-bond acceptors (Lipinski definition) is 5. The number of nitrogens with zero attached hydrogens (tertiary/aromatic N) is 2. The molecule has 2 aliphatic carbocycles. The number of aliphatic imine (C=N–C) groups is 1. The Hall–Kier alpha value is -3.26. The lowest BCUT2D eigenvalue weighted by atomic mass is 9.96. The molecule has 0 saturated carbocycles. The predicted molar refractivity (Wildman–Crippen MR) is 136 cm³/mol. The summed E-state index contributed by atoms with van der Waals surface area (Å²) in [4.78, 5) is 34.9. The minimum absolute atomic E-state index is 0.0709. The third-order valence-corrected chi connectivity index (χ3v) is 5.89. The molecule has 0 spiro atoms. The zero-order chi connectivity index (χ0) is 25.6. The minimum Gasteiger partial charge on any atom is -0.481 e. The molecule has 2 rings (SSSR count). The third kappa shape index (κ3) is 9.86. The number of carboxylic acid groups (broad SMARTS) is 1. The van der Waals surface area contributed by atoms with Crippen molar-refractivity contribution >= 4 is 18.1 Å². The fraction of sp³-hybridized carbons (Fsp3) is 0.444. The predicted octanol–water partition coefficient (Wildman–Crippen LogP) is 5.17. The Morgan fingerprint density at radius 2 is 2.06 bits per heavy atom. The van der Waals surface area contributed by atoms with E-state index in [-0.39, 0.29) is 24.2 Å². The second kappa shape index (κ2) is 14.9. The number of amidine groups is 1. The normalized spacial score (nSPS) is 23.8. The van der Waals surface area contributed by atoms with Crippen LogP contribution in [0.5, 0.6) is 0 Å². The van der Waals surface area contributed by atoms with E-state index in [1.807, 2.05) is 37.1 Å². The average molecular weight is 486 g/mol. The highest BCUT2D eigenvalue weighted by Gasteiger charge is 2.19. The molecule has 0 fully saturated rings. The first-order chi connectivity index (χ1) is 16.8. The van der Waals surface area contributed by atoms with Crippen LogP contribution in [0.25, 0.3) is 0 Å². The number of carbonyl (C=O) groups excluding carboxylic acids is 1. The van der Waals surface area contributed by atoms with E-state index in [0.29, 0.717) is 43.4 Å². The number of hydroxylamine groups is 1. The lowest BCUT2D eigenvalue weighted by Gasteiger charge is -2.30. The number of nitrogens with one attached hydrogen (secondary N) is 1. The maximum Gasteiger partial charge on any atom is 0.303 e. The van der Waals surface area contributed by atoms with E-state index >= 15 is 0 Å². The molecule has 0 bridgehead atoms. The van der Waals surface area contributed by atoms with Crippen LogP contribution in [0.1, 0.15) is 51.9 Å². The summed E-state index contributed by atoms with van der Waals surface area (Å²) < 4.78 is 13.5. The van der Waals surface area contributed by atoms with Gasteiger partial charge in [-0.05, 0) is 69.2 Å². The number of unbranched alkanes of at least 4 members (excludes halogenated alkanes) is 1. The Morgan fingerprint density at radius 1 is 1.29 bits per heavy atom. The summed E-state index contributed by atoms with van der Waals surface area (Å²) >= 11 is 0. The zero-order valence-electron chi connectivity index (χ0n) is 20.7. The van der Waals surface area contributed by atoms with E-state index in [0.717, 1.165) is 24.3 Å². The smallest absolute Gasteiger partial charge is 0.303 e. The number of aldehydes is 1. The number of likely N-dealkylation sites (N-methyl/N-ethyl adjacent to an activating group) is 1. The third-order valence-electron chi connectivity index (χ3n) is 5.89. The van der Waals surface area contributed by atoms with Crippen molar-refractivity contribution in [2.24, 2.45) is 10.9 Å². The average Bonchev–Trinajstić information content (AvgIpc) is 2.82. The number of hydrogen-bond donors (Lipinski definition) is 2. The van der Waals surface area contributed by atoms with Gasteiger partial charge in [-0.2, -0.15) is 5.48 Å². The van der Waals surface area contributed by atoms with Gasteiger partial charge in [-0.25, -0.2) is 9.38 Å². The molecule has 0 saturated heterocycles. The topological polar surface area (TPSA) is 91.2 Å². The molecule has 0 aromatic rings. The second-order valence-corrected chi connectivity index (χ2v) is 8.56. The van der Waals surface area contributed by atoms with Crippen LogP contribution in [0.4, 0.5) is 4.39 Å². The molecule has 2 aliphatic rings. The van der Waals surface area contributed by atoms with Gasteiger partial charge in [-0.1, -0.05) is 24.3 Å². The second-order valence-electron chi connectivity index (χ2n) is 8.56. The van der Waals surface area contributed by atoms with Crippen molar-refractivity contribution < 1.29 is 23.9 Å². The number of aliphatic carboxylic acids is 1. The quantitative estimate of drug-likeness (QED) is 0.0989. The van der Waals surface area contributed by atoms with Gasteiger partial charge < -0.3 is 14.8 Å². The first-order valence-electron chi connectivity index (χ1n) is 11.9. The van der Waals surface area contributed by atoms with E-state index in [9.17, 15) is 14.0 Å². The SMILES string of the molecule is CNO/C(C)=C\CC1C=C/C=C(C=O)\C(N=C(CCCCC(=O)O)N(C)C2C=CC(F)=CC2)=C/C1. The number of rotatable bonds is 12. The molecule has 0 aliphatic heterocycles. The van der Waals surface area contributed by atoms with Crippen LogP contribution in [-0.2, 0) is 14.4 Å². The zero-order valence-corrected chi connectivity index (χ0v) is 20.7. The molecule has 2 N–H and O–H groups in total. The van der Waals surface area contributed by atoms with Gasteiger partial charge in [-0.3, -0.25) is 9.59 Å². The van der Waals surface area contributed by atoms with Gasteiger partial charge in [0, 0.05) is 32.5 Å². The van der Waals surface area contributed by atoms with E-state index in [2.05, 4.69) is 11.6 Å². The molecular weight excluding hydrogens is 449 g/mol. The lowest BCUT2D eigenvalue weighted by molar-refractivity contribution is -0.137. The fourth-order valence-electron chi connectivity index (χ4n) is 3.84. The van der Waals surface area contributed by atoms with Gasteiger partial charge in [0.1, 0.15) is 17.4 Å². The largest absolute Gasteiger partial charge is 0.481 e. The molecule has 0 radical (unpaired) electrons. The Bertz CT molecular complexity index is 959. The van der Waals surface area contributed by atoms with Crippen LogP contribution in [0.15, 0.2) is 76.5 Å². The van der Waals surface area contributed by atoms with Crippen molar-refractivity contribution in [3.8, 4) is 0 Å². The number of carbonyl (C=O) groups is 2. The summed E-state index contributed by atoms with van der Waals surface area (Å²) in [6.45, 7) is 1.88. The number of allylic oxidation sites excluding steroid dienone is 9. The van der Waals surface area contributed by atoms with Crippen LogP contribution in [0.2, 0.25) is 0 Å². The first kappa shape index (κ1) is 28.0. The van der Waals surface area contributed by atoms with E-state index in [1.165, 1.54) is 12.2 Å². The molecule has 7 nitrogen and oxygen atoms in total. The Labute approximate surface area is 207 Å². The van der Waals surface area contributed by atoms with E-state index in [4.69, 9.17) is 14.9 Å². The molecule has 190 valence electrons. The summed E-state index contributed by atoms with van der Waals surface area (Å²) in [7, 11) is 3.60. The van der Waals surface area contributed by atoms with E-state index in [1.54, 1.807) is 19.2 Å². The van der Waals surface area contributed by atoms with Gasteiger partial charge in [0.2, 0.25) is 0 Å². The molecule has 8 heteroatoms. The molecule has 0 aromatic heterocycles.